The Bertz CT molecular complexity index is 535. The Morgan fingerprint density at radius 2 is 1.78 bits per heavy atom. The normalized spacial score (nSPS) is 10.4. The molecule has 0 aliphatic heterocycles. The topological polar surface area (TPSA) is 29.3 Å². The van der Waals surface area contributed by atoms with E-state index >= 15 is 0 Å². The van der Waals surface area contributed by atoms with Crippen molar-refractivity contribution in [2.75, 3.05) is 11.9 Å². The Labute approximate surface area is 113 Å². The molecule has 2 nitrogen and oxygen atoms in total. The lowest BCUT2D eigenvalue weighted by molar-refractivity contribution is 1.07. The number of hydrogen-bond acceptors (Lipinski definition) is 2. The number of nitrogens with zero attached hydrogens (tertiary/aromatic N) is 1. The summed E-state index contributed by atoms with van der Waals surface area (Å²) in [5, 5.41) is 0.723. The van der Waals surface area contributed by atoms with Crippen LogP contribution in [0, 0.1) is 6.92 Å². The van der Waals surface area contributed by atoms with Gasteiger partial charge in [-0.1, -0.05) is 35.4 Å². The second-order valence-corrected chi connectivity index (χ2v) is 4.79. The van der Waals surface area contributed by atoms with Crippen molar-refractivity contribution in [3.63, 3.8) is 0 Å². The Kier molecular flexibility index (Phi) is 3.90. The fourth-order valence-electron chi connectivity index (χ4n) is 1.86. The molecule has 0 saturated carbocycles. The summed E-state index contributed by atoms with van der Waals surface area (Å²) in [6.45, 7) is 2.58. The molecule has 94 valence electrons. The molecular formula is C15H17ClN2. The first-order valence-corrected chi connectivity index (χ1v) is 6.28. The smallest absolute Gasteiger partial charge is 0.0646 e. The fraction of sp³-hybridized carbons (Fsp3) is 0.200. The van der Waals surface area contributed by atoms with E-state index < -0.39 is 0 Å². The van der Waals surface area contributed by atoms with E-state index in [4.69, 9.17) is 17.3 Å². The third-order valence-corrected chi connectivity index (χ3v) is 3.33. The summed E-state index contributed by atoms with van der Waals surface area (Å²) in [5.41, 5.74) is 9.99. The highest BCUT2D eigenvalue weighted by Crippen LogP contribution is 2.31. The molecule has 2 N–H and O–H groups in total. The van der Waals surface area contributed by atoms with E-state index in [2.05, 4.69) is 36.1 Å². The Hall–Kier alpha value is -1.51. The summed E-state index contributed by atoms with van der Waals surface area (Å²) >= 11 is 6.29. The molecule has 0 bridgehead atoms. The Balaban J connectivity index is 2.33. The number of nitrogens with two attached hydrogens (primary N) is 1. The SMILES string of the molecule is Cc1ccc(N(C)c2ccc(CN)cc2Cl)cc1. The summed E-state index contributed by atoms with van der Waals surface area (Å²) in [5.74, 6) is 0. The highest BCUT2D eigenvalue weighted by Gasteiger charge is 2.08. The van der Waals surface area contributed by atoms with Gasteiger partial charge < -0.3 is 10.6 Å². The monoisotopic (exact) mass is 260 g/mol. The van der Waals surface area contributed by atoms with Crippen LogP contribution in [0.25, 0.3) is 0 Å². The van der Waals surface area contributed by atoms with Crippen molar-refractivity contribution in [3.8, 4) is 0 Å². The van der Waals surface area contributed by atoms with Crippen LogP contribution in [0.15, 0.2) is 42.5 Å². The fourth-order valence-corrected chi connectivity index (χ4v) is 2.19. The number of benzene rings is 2. The molecule has 18 heavy (non-hydrogen) atoms. The average Bonchev–Trinajstić information content (AvgIpc) is 2.38. The minimum atomic E-state index is 0.508. The quantitative estimate of drug-likeness (QED) is 0.908. The zero-order chi connectivity index (χ0) is 13.1. The van der Waals surface area contributed by atoms with Crippen LogP contribution in [0.1, 0.15) is 11.1 Å². The molecule has 0 aliphatic carbocycles. The third-order valence-electron chi connectivity index (χ3n) is 3.03. The molecule has 0 radical (unpaired) electrons. The number of hydrogen-bond donors (Lipinski definition) is 1. The standard InChI is InChI=1S/C15H17ClN2/c1-11-3-6-13(7-4-11)18(2)15-8-5-12(10-17)9-14(15)16/h3-9H,10,17H2,1-2H3. The first kappa shape index (κ1) is 12.9. The van der Waals surface area contributed by atoms with Gasteiger partial charge in [0.05, 0.1) is 10.7 Å². The van der Waals surface area contributed by atoms with Gasteiger partial charge in [-0.15, -0.1) is 0 Å². The lowest BCUT2D eigenvalue weighted by Gasteiger charge is -2.21. The predicted octanol–water partition coefficient (Wildman–Crippen LogP) is 3.88. The van der Waals surface area contributed by atoms with E-state index in [1.54, 1.807) is 0 Å². The second kappa shape index (κ2) is 5.42. The maximum atomic E-state index is 6.29. The van der Waals surface area contributed by atoms with Gasteiger partial charge in [0, 0.05) is 19.3 Å². The van der Waals surface area contributed by atoms with Crippen LogP contribution in [0.2, 0.25) is 5.02 Å². The molecule has 0 amide bonds. The molecule has 0 saturated heterocycles. The van der Waals surface area contributed by atoms with Crippen LogP contribution in [-0.2, 0) is 6.54 Å². The van der Waals surface area contributed by atoms with Gasteiger partial charge in [-0.25, -0.2) is 0 Å². The van der Waals surface area contributed by atoms with Gasteiger partial charge in [0.2, 0.25) is 0 Å². The molecule has 0 aromatic heterocycles. The number of rotatable bonds is 3. The van der Waals surface area contributed by atoms with Crippen molar-refractivity contribution in [2.24, 2.45) is 5.73 Å². The van der Waals surface area contributed by atoms with Crippen LogP contribution in [0.5, 0.6) is 0 Å². The molecule has 0 aliphatic rings. The van der Waals surface area contributed by atoms with Crippen molar-refractivity contribution in [1.82, 2.24) is 0 Å². The van der Waals surface area contributed by atoms with Gasteiger partial charge in [-0.05, 0) is 36.8 Å². The second-order valence-electron chi connectivity index (χ2n) is 4.38. The summed E-state index contributed by atoms with van der Waals surface area (Å²) < 4.78 is 0. The van der Waals surface area contributed by atoms with E-state index in [1.807, 2.05) is 25.2 Å². The largest absolute Gasteiger partial charge is 0.343 e. The van der Waals surface area contributed by atoms with Gasteiger partial charge in [0.15, 0.2) is 0 Å². The van der Waals surface area contributed by atoms with Gasteiger partial charge in [0.25, 0.3) is 0 Å². The first-order valence-electron chi connectivity index (χ1n) is 5.90. The molecule has 0 heterocycles. The van der Waals surface area contributed by atoms with Crippen molar-refractivity contribution >= 4 is 23.0 Å². The van der Waals surface area contributed by atoms with E-state index in [-0.39, 0.29) is 0 Å². The van der Waals surface area contributed by atoms with Gasteiger partial charge >= 0.3 is 0 Å². The average molecular weight is 261 g/mol. The van der Waals surface area contributed by atoms with Crippen molar-refractivity contribution in [2.45, 2.75) is 13.5 Å². The van der Waals surface area contributed by atoms with Crippen LogP contribution in [0.4, 0.5) is 11.4 Å². The minimum Gasteiger partial charge on any atom is -0.343 e. The molecule has 3 heteroatoms. The van der Waals surface area contributed by atoms with Crippen LogP contribution in [0.3, 0.4) is 0 Å². The Morgan fingerprint density at radius 1 is 1.11 bits per heavy atom. The summed E-state index contributed by atoms with van der Waals surface area (Å²) in [6.07, 6.45) is 0. The maximum absolute atomic E-state index is 6.29. The Morgan fingerprint density at radius 3 is 2.33 bits per heavy atom. The molecule has 0 spiro atoms. The molecule has 2 rings (SSSR count). The van der Waals surface area contributed by atoms with Crippen LogP contribution >= 0.6 is 11.6 Å². The van der Waals surface area contributed by atoms with Gasteiger partial charge in [-0.2, -0.15) is 0 Å². The van der Waals surface area contributed by atoms with Crippen LogP contribution < -0.4 is 10.6 Å². The molecule has 0 atom stereocenters. The molecular weight excluding hydrogens is 244 g/mol. The minimum absolute atomic E-state index is 0.508. The van der Waals surface area contributed by atoms with Gasteiger partial charge in [-0.3, -0.25) is 0 Å². The van der Waals surface area contributed by atoms with E-state index in [0.717, 1.165) is 22.0 Å². The highest BCUT2D eigenvalue weighted by molar-refractivity contribution is 6.33. The zero-order valence-corrected chi connectivity index (χ0v) is 11.4. The molecule has 0 unspecified atom stereocenters. The summed E-state index contributed by atoms with van der Waals surface area (Å²) in [6, 6.07) is 14.3. The lowest BCUT2D eigenvalue weighted by atomic mass is 10.1. The van der Waals surface area contributed by atoms with Crippen LogP contribution in [-0.4, -0.2) is 7.05 Å². The van der Waals surface area contributed by atoms with Crippen molar-refractivity contribution < 1.29 is 0 Å². The predicted molar refractivity (Wildman–Crippen MR) is 78.6 cm³/mol. The summed E-state index contributed by atoms with van der Waals surface area (Å²) in [4.78, 5) is 2.07. The first-order chi connectivity index (χ1) is 8.61. The summed E-state index contributed by atoms with van der Waals surface area (Å²) in [7, 11) is 2.01. The third kappa shape index (κ3) is 2.66. The number of halogens is 1. The molecule has 2 aromatic rings. The van der Waals surface area contributed by atoms with Crippen molar-refractivity contribution in [3.05, 3.63) is 58.6 Å². The molecule has 0 fully saturated rings. The van der Waals surface area contributed by atoms with Gasteiger partial charge in [0.1, 0.15) is 0 Å². The maximum Gasteiger partial charge on any atom is 0.0646 e. The van der Waals surface area contributed by atoms with E-state index in [9.17, 15) is 0 Å². The number of aryl methyl sites for hydroxylation is 1. The zero-order valence-electron chi connectivity index (χ0n) is 10.7. The molecule has 2 aromatic carbocycles. The van der Waals surface area contributed by atoms with Crippen molar-refractivity contribution in [1.29, 1.82) is 0 Å². The van der Waals surface area contributed by atoms with E-state index in [1.165, 1.54) is 5.56 Å². The van der Waals surface area contributed by atoms with E-state index in [0.29, 0.717) is 6.54 Å². The number of anilines is 2. The lowest BCUT2D eigenvalue weighted by Crippen LogP contribution is -2.10. The highest BCUT2D eigenvalue weighted by atomic mass is 35.5.